The van der Waals surface area contributed by atoms with Crippen LogP contribution in [0.25, 0.3) is 0 Å². The van der Waals surface area contributed by atoms with Gasteiger partial charge in [-0.3, -0.25) is 4.79 Å². The van der Waals surface area contributed by atoms with Crippen LogP contribution in [0.2, 0.25) is 0 Å². The number of carbonyl (C=O) groups is 1. The maximum atomic E-state index is 12.1. The summed E-state index contributed by atoms with van der Waals surface area (Å²) in [7, 11) is 0. The van der Waals surface area contributed by atoms with Crippen LogP contribution in [0.3, 0.4) is 0 Å². The van der Waals surface area contributed by atoms with Crippen molar-refractivity contribution in [2.45, 2.75) is 33.2 Å². The van der Waals surface area contributed by atoms with Gasteiger partial charge in [-0.25, -0.2) is 0 Å². The van der Waals surface area contributed by atoms with Gasteiger partial charge in [0.15, 0.2) is 0 Å². The summed E-state index contributed by atoms with van der Waals surface area (Å²) in [4.78, 5) is 14.0. The Morgan fingerprint density at radius 1 is 1.60 bits per heavy atom. The van der Waals surface area contributed by atoms with Gasteiger partial charge in [-0.05, 0) is 48.9 Å². The zero-order valence-electron chi connectivity index (χ0n) is 9.29. The number of rotatable bonds is 4. The molecule has 0 aliphatic rings. The first kappa shape index (κ1) is 13.0. The van der Waals surface area contributed by atoms with Gasteiger partial charge in [0, 0.05) is 18.0 Å². The summed E-state index contributed by atoms with van der Waals surface area (Å²) < 4.78 is 1.16. The van der Waals surface area contributed by atoms with Gasteiger partial charge in [0.1, 0.15) is 0 Å². The first-order valence-corrected chi connectivity index (χ1v) is 7.07. The first-order valence-electron chi connectivity index (χ1n) is 5.11. The molecule has 1 amide bonds. The minimum atomic E-state index is 0.158. The number of hydrogen-bond donors (Lipinski definition) is 0. The van der Waals surface area contributed by atoms with Crippen LogP contribution in [0.4, 0.5) is 0 Å². The Balaban J connectivity index is 2.80. The lowest BCUT2D eigenvalue weighted by molar-refractivity contribution is 0.0706. The SMILES string of the molecule is CCCN(C(=O)c1csc(I)c1)C(C)C. The van der Waals surface area contributed by atoms with Crippen molar-refractivity contribution in [1.82, 2.24) is 4.90 Å². The molecule has 1 heterocycles. The Hall–Kier alpha value is -0.100. The van der Waals surface area contributed by atoms with Crippen molar-refractivity contribution in [2.24, 2.45) is 0 Å². The molecule has 84 valence electrons. The van der Waals surface area contributed by atoms with E-state index in [1.54, 1.807) is 11.3 Å². The second kappa shape index (κ2) is 5.84. The Labute approximate surface area is 109 Å². The van der Waals surface area contributed by atoms with Crippen LogP contribution in [0.1, 0.15) is 37.6 Å². The fraction of sp³-hybridized carbons (Fsp3) is 0.545. The standard InChI is InChI=1S/C11H16INOS/c1-4-5-13(8(2)3)11(14)9-6-10(12)15-7-9/h6-8H,4-5H2,1-3H3. The Bertz CT molecular complexity index is 335. The van der Waals surface area contributed by atoms with Crippen molar-refractivity contribution in [3.63, 3.8) is 0 Å². The summed E-state index contributed by atoms with van der Waals surface area (Å²) in [5, 5.41) is 1.94. The molecule has 1 aromatic rings. The zero-order chi connectivity index (χ0) is 11.4. The zero-order valence-corrected chi connectivity index (χ0v) is 12.3. The van der Waals surface area contributed by atoms with Crippen LogP contribution >= 0.6 is 33.9 Å². The molecule has 0 radical (unpaired) electrons. The molecule has 0 saturated heterocycles. The highest BCUT2D eigenvalue weighted by Gasteiger charge is 2.18. The molecule has 4 heteroatoms. The van der Waals surface area contributed by atoms with Crippen LogP contribution in [0.15, 0.2) is 11.4 Å². The maximum Gasteiger partial charge on any atom is 0.254 e. The van der Waals surface area contributed by atoms with Crippen molar-refractivity contribution in [2.75, 3.05) is 6.54 Å². The van der Waals surface area contributed by atoms with E-state index < -0.39 is 0 Å². The second-order valence-electron chi connectivity index (χ2n) is 3.73. The molecule has 0 unspecified atom stereocenters. The predicted molar refractivity (Wildman–Crippen MR) is 73.5 cm³/mol. The average Bonchev–Trinajstić information content (AvgIpc) is 2.59. The first-order chi connectivity index (χ1) is 7.06. The molecule has 0 bridgehead atoms. The van der Waals surface area contributed by atoms with Gasteiger partial charge in [-0.2, -0.15) is 0 Å². The number of hydrogen-bond acceptors (Lipinski definition) is 2. The van der Waals surface area contributed by atoms with Gasteiger partial charge >= 0.3 is 0 Å². The van der Waals surface area contributed by atoms with Crippen LogP contribution in [0, 0.1) is 2.88 Å². The number of amides is 1. The molecular formula is C11H16INOS. The molecule has 0 saturated carbocycles. The summed E-state index contributed by atoms with van der Waals surface area (Å²) in [6.45, 7) is 7.05. The van der Waals surface area contributed by atoms with Crippen LogP contribution in [-0.2, 0) is 0 Å². The van der Waals surface area contributed by atoms with Gasteiger partial charge < -0.3 is 4.90 Å². The lowest BCUT2D eigenvalue weighted by Crippen LogP contribution is -2.37. The van der Waals surface area contributed by atoms with Crippen molar-refractivity contribution in [3.8, 4) is 0 Å². The summed E-state index contributed by atoms with van der Waals surface area (Å²) >= 11 is 3.86. The van der Waals surface area contributed by atoms with Crippen LogP contribution in [-0.4, -0.2) is 23.4 Å². The van der Waals surface area contributed by atoms with Crippen LogP contribution < -0.4 is 0 Å². The van der Waals surface area contributed by atoms with E-state index in [4.69, 9.17) is 0 Å². The Morgan fingerprint density at radius 3 is 2.67 bits per heavy atom. The van der Waals surface area contributed by atoms with E-state index in [0.717, 1.165) is 21.4 Å². The van der Waals surface area contributed by atoms with Crippen molar-refractivity contribution >= 4 is 39.8 Å². The summed E-state index contributed by atoms with van der Waals surface area (Å²) in [6.07, 6.45) is 1.01. The topological polar surface area (TPSA) is 20.3 Å². The molecule has 0 spiro atoms. The number of thiophene rings is 1. The molecule has 2 nitrogen and oxygen atoms in total. The number of carbonyl (C=O) groups excluding carboxylic acids is 1. The molecule has 1 aromatic heterocycles. The molecule has 1 rings (SSSR count). The van der Waals surface area contributed by atoms with E-state index in [2.05, 4.69) is 43.4 Å². The van der Waals surface area contributed by atoms with Gasteiger partial charge in [-0.15, -0.1) is 11.3 Å². The van der Waals surface area contributed by atoms with Gasteiger partial charge in [0.2, 0.25) is 0 Å². The van der Waals surface area contributed by atoms with Crippen molar-refractivity contribution in [3.05, 3.63) is 19.9 Å². The molecule has 0 aliphatic heterocycles. The minimum Gasteiger partial charge on any atom is -0.336 e. The molecule has 0 atom stereocenters. The van der Waals surface area contributed by atoms with Crippen molar-refractivity contribution < 1.29 is 4.79 Å². The van der Waals surface area contributed by atoms with Crippen molar-refractivity contribution in [1.29, 1.82) is 0 Å². The monoisotopic (exact) mass is 337 g/mol. The van der Waals surface area contributed by atoms with Gasteiger partial charge in [-0.1, -0.05) is 6.92 Å². The molecule has 15 heavy (non-hydrogen) atoms. The predicted octanol–water partition coefficient (Wildman–Crippen LogP) is 3.61. The number of nitrogens with zero attached hydrogens (tertiary/aromatic N) is 1. The highest BCUT2D eigenvalue weighted by molar-refractivity contribution is 14.1. The lowest BCUT2D eigenvalue weighted by Gasteiger charge is -2.25. The molecule has 0 aromatic carbocycles. The quantitative estimate of drug-likeness (QED) is 0.769. The van der Waals surface area contributed by atoms with E-state index in [9.17, 15) is 4.79 Å². The smallest absolute Gasteiger partial charge is 0.254 e. The Kier molecular flexibility index (Phi) is 5.05. The molecule has 0 aliphatic carbocycles. The van der Waals surface area contributed by atoms with E-state index in [1.165, 1.54) is 0 Å². The normalized spacial score (nSPS) is 10.7. The highest BCUT2D eigenvalue weighted by atomic mass is 127. The fourth-order valence-electron chi connectivity index (χ4n) is 1.42. The third kappa shape index (κ3) is 3.45. The maximum absolute atomic E-state index is 12.1. The van der Waals surface area contributed by atoms with E-state index in [1.807, 2.05) is 16.3 Å². The van der Waals surface area contributed by atoms with E-state index in [0.29, 0.717) is 0 Å². The third-order valence-corrected chi connectivity index (χ3v) is 3.95. The highest BCUT2D eigenvalue weighted by Crippen LogP contribution is 2.19. The minimum absolute atomic E-state index is 0.158. The molecule has 0 fully saturated rings. The summed E-state index contributed by atoms with van der Waals surface area (Å²) in [6, 6.07) is 2.23. The molecular weight excluding hydrogens is 321 g/mol. The summed E-state index contributed by atoms with van der Waals surface area (Å²) in [5.41, 5.74) is 0.826. The largest absolute Gasteiger partial charge is 0.336 e. The molecule has 0 N–H and O–H groups in total. The number of halogens is 1. The average molecular weight is 337 g/mol. The van der Waals surface area contributed by atoms with Crippen LogP contribution in [0.5, 0.6) is 0 Å². The lowest BCUT2D eigenvalue weighted by atomic mass is 10.2. The second-order valence-corrected chi connectivity index (χ2v) is 6.54. The summed E-state index contributed by atoms with van der Waals surface area (Å²) in [5.74, 6) is 0.158. The fourth-order valence-corrected chi connectivity index (χ4v) is 2.74. The van der Waals surface area contributed by atoms with E-state index in [-0.39, 0.29) is 11.9 Å². The van der Waals surface area contributed by atoms with E-state index >= 15 is 0 Å². The van der Waals surface area contributed by atoms with Gasteiger partial charge in [0.05, 0.1) is 8.45 Å². The Morgan fingerprint density at radius 2 is 2.27 bits per heavy atom. The third-order valence-electron chi connectivity index (χ3n) is 2.16. The van der Waals surface area contributed by atoms with Gasteiger partial charge in [0.25, 0.3) is 5.91 Å².